The van der Waals surface area contributed by atoms with Gasteiger partial charge in [0.2, 0.25) is 0 Å². The molecule has 0 aliphatic rings. The third kappa shape index (κ3) is 9.24. The van der Waals surface area contributed by atoms with E-state index in [9.17, 15) is 4.79 Å². The Kier molecular flexibility index (Phi) is 7.09. The highest BCUT2D eigenvalue weighted by molar-refractivity contribution is 5.78. The van der Waals surface area contributed by atoms with Crippen molar-refractivity contribution in [3.63, 3.8) is 0 Å². The van der Waals surface area contributed by atoms with Gasteiger partial charge < -0.3 is 0 Å². The van der Waals surface area contributed by atoms with Crippen LogP contribution in [-0.4, -0.2) is 5.78 Å². The molecule has 0 aromatic heterocycles. The van der Waals surface area contributed by atoms with Crippen molar-refractivity contribution in [1.29, 1.82) is 0 Å². The summed E-state index contributed by atoms with van der Waals surface area (Å²) < 4.78 is 0. The normalized spacial score (nSPS) is 9.43. The van der Waals surface area contributed by atoms with Crippen molar-refractivity contribution in [3.05, 3.63) is 23.3 Å². The second-order valence-electron chi connectivity index (χ2n) is 4.18. The van der Waals surface area contributed by atoms with Gasteiger partial charge in [0.1, 0.15) is 5.78 Å². The maximum atomic E-state index is 11.3. The molecule has 0 aromatic rings. The molecule has 0 rings (SSSR count). The van der Waals surface area contributed by atoms with E-state index in [1.807, 2.05) is 0 Å². The number of carbonyl (C=O) groups is 1. The molecule has 0 aromatic carbocycles. The second-order valence-corrected chi connectivity index (χ2v) is 4.18. The Bertz CT molecular complexity index is 202. The Labute approximate surface area is 87.9 Å². The first kappa shape index (κ1) is 13.2. The lowest BCUT2D eigenvalue weighted by molar-refractivity contribution is -0.118. The Morgan fingerprint density at radius 2 is 1.21 bits per heavy atom. The van der Waals surface area contributed by atoms with Crippen molar-refractivity contribution >= 4 is 5.78 Å². The summed E-state index contributed by atoms with van der Waals surface area (Å²) in [6.45, 7) is 8.25. The summed E-state index contributed by atoms with van der Waals surface area (Å²) in [6.07, 6.45) is 7.44. The summed E-state index contributed by atoms with van der Waals surface area (Å²) in [6, 6.07) is 0. The first-order chi connectivity index (χ1) is 6.52. The van der Waals surface area contributed by atoms with E-state index in [1.165, 1.54) is 11.1 Å². The van der Waals surface area contributed by atoms with Crippen LogP contribution in [0.2, 0.25) is 0 Å². The average Bonchev–Trinajstić information content (AvgIpc) is 2.02. The number of hydrogen-bond donors (Lipinski definition) is 0. The molecule has 1 heteroatoms. The van der Waals surface area contributed by atoms with Crippen LogP contribution in [0, 0.1) is 0 Å². The number of rotatable bonds is 6. The molecule has 80 valence electrons. The highest BCUT2D eigenvalue weighted by Gasteiger charge is 1.98. The first-order valence-corrected chi connectivity index (χ1v) is 5.31. The smallest absolute Gasteiger partial charge is 0.133 e. The third-order valence-electron chi connectivity index (χ3n) is 1.95. The summed E-state index contributed by atoms with van der Waals surface area (Å²) >= 11 is 0. The maximum Gasteiger partial charge on any atom is 0.133 e. The fourth-order valence-corrected chi connectivity index (χ4v) is 1.17. The standard InChI is InChI=1S/C13H22O/c1-11(2)7-5-9-13(14)10-6-8-12(3)4/h7-8H,5-6,9-10H2,1-4H3. The topological polar surface area (TPSA) is 17.1 Å². The monoisotopic (exact) mass is 194 g/mol. The zero-order chi connectivity index (χ0) is 11.0. The van der Waals surface area contributed by atoms with E-state index >= 15 is 0 Å². The molecule has 0 radical (unpaired) electrons. The molecule has 0 fully saturated rings. The summed E-state index contributed by atoms with van der Waals surface area (Å²) in [5.41, 5.74) is 2.59. The highest BCUT2D eigenvalue weighted by Crippen LogP contribution is 2.04. The maximum absolute atomic E-state index is 11.3. The van der Waals surface area contributed by atoms with Crippen LogP contribution in [0.3, 0.4) is 0 Å². The lowest BCUT2D eigenvalue weighted by Gasteiger charge is -1.96. The van der Waals surface area contributed by atoms with Crippen LogP contribution in [0.5, 0.6) is 0 Å². The minimum atomic E-state index is 0.375. The van der Waals surface area contributed by atoms with Gasteiger partial charge in [-0.25, -0.2) is 0 Å². The molecule has 0 amide bonds. The molecule has 0 atom stereocenters. The van der Waals surface area contributed by atoms with Gasteiger partial charge in [0.05, 0.1) is 0 Å². The van der Waals surface area contributed by atoms with E-state index in [1.54, 1.807) is 0 Å². The third-order valence-corrected chi connectivity index (χ3v) is 1.95. The Hall–Kier alpha value is -0.850. The van der Waals surface area contributed by atoms with Crippen molar-refractivity contribution < 1.29 is 4.79 Å². The summed E-state index contributed by atoms with van der Waals surface area (Å²) in [5.74, 6) is 0.375. The molecule has 0 aliphatic heterocycles. The molecular weight excluding hydrogens is 172 g/mol. The fourth-order valence-electron chi connectivity index (χ4n) is 1.17. The molecule has 0 aliphatic carbocycles. The second kappa shape index (κ2) is 7.54. The molecule has 0 saturated carbocycles. The van der Waals surface area contributed by atoms with Crippen LogP contribution >= 0.6 is 0 Å². The number of carbonyl (C=O) groups excluding carboxylic acids is 1. The SMILES string of the molecule is CC(C)=CCCC(=O)CCC=C(C)C. The minimum Gasteiger partial charge on any atom is -0.300 e. The zero-order valence-corrected chi connectivity index (χ0v) is 9.89. The minimum absolute atomic E-state index is 0.375. The van der Waals surface area contributed by atoms with E-state index in [-0.39, 0.29) is 0 Å². The molecule has 1 nitrogen and oxygen atoms in total. The van der Waals surface area contributed by atoms with Crippen LogP contribution in [0.1, 0.15) is 53.4 Å². The number of Topliss-reactive ketones (excluding diaryl/α,β-unsaturated/α-hetero) is 1. The molecular formula is C13H22O. The van der Waals surface area contributed by atoms with Crippen LogP contribution in [0.25, 0.3) is 0 Å². The summed E-state index contributed by atoms with van der Waals surface area (Å²) in [7, 11) is 0. The molecule has 0 unspecified atom stereocenters. The Morgan fingerprint density at radius 3 is 1.50 bits per heavy atom. The van der Waals surface area contributed by atoms with Gasteiger partial charge in [-0.15, -0.1) is 0 Å². The van der Waals surface area contributed by atoms with Crippen molar-refractivity contribution in [2.45, 2.75) is 53.4 Å². The van der Waals surface area contributed by atoms with Crippen molar-refractivity contribution in [2.24, 2.45) is 0 Å². The predicted octanol–water partition coefficient (Wildman–Crippen LogP) is 4.05. The molecule has 14 heavy (non-hydrogen) atoms. The van der Waals surface area contributed by atoms with Crippen molar-refractivity contribution in [3.8, 4) is 0 Å². The molecule has 0 saturated heterocycles. The van der Waals surface area contributed by atoms with E-state index in [4.69, 9.17) is 0 Å². The van der Waals surface area contributed by atoms with Crippen LogP contribution < -0.4 is 0 Å². The van der Waals surface area contributed by atoms with Crippen molar-refractivity contribution in [2.75, 3.05) is 0 Å². The van der Waals surface area contributed by atoms with Gasteiger partial charge in [-0.05, 0) is 40.5 Å². The van der Waals surface area contributed by atoms with Crippen LogP contribution in [0.4, 0.5) is 0 Å². The van der Waals surface area contributed by atoms with E-state index < -0.39 is 0 Å². The van der Waals surface area contributed by atoms with Gasteiger partial charge in [-0.2, -0.15) is 0 Å². The van der Waals surface area contributed by atoms with E-state index in [0.29, 0.717) is 18.6 Å². The lowest BCUT2D eigenvalue weighted by atomic mass is 10.1. The number of allylic oxidation sites excluding steroid dienone is 4. The van der Waals surface area contributed by atoms with Gasteiger partial charge >= 0.3 is 0 Å². The molecule has 0 spiro atoms. The van der Waals surface area contributed by atoms with Crippen LogP contribution in [-0.2, 0) is 4.79 Å². The first-order valence-electron chi connectivity index (χ1n) is 5.31. The van der Waals surface area contributed by atoms with Gasteiger partial charge in [-0.1, -0.05) is 23.3 Å². The summed E-state index contributed by atoms with van der Waals surface area (Å²) in [5, 5.41) is 0. The van der Waals surface area contributed by atoms with E-state index in [0.717, 1.165) is 12.8 Å². The van der Waals surface area contributed by atoms with Crippen LogP contribution in [0.15, 0.2) is 23.3 Å². The van der Waals surface area contributed by atoms with Gasteiger partial charge in [0, 0.05) is 12.8 Å². The largest absolute Gasteiger partial charge is 0.300 e. The Morgan fingerprint density at radius 1 is 0.857 bits per heavy atom. The molecule has 0 bridgehead atoms. The average molecular weight is 194 g/mol. The van der Waals surface area contributed by atoms with Gasteiger partial charge in [0.15, 0.2) is 0 Å². The zero-order valence-electron chi connectivity index (χ0n) is 9.89. The fraction of sp³-hybridized carbons (Fsp3) is 0.615. The van der Waals surface area contributed by atoms with E-state index in [2.05, 4.69) is 39.8 Å². The number of ketones is 1. The molecule has 0 heterocycles. The van der Waals surface area contributed by atoms with Gasteiger partial charge in [0.25, 0.3) is 0 Å². The highest BCUT2D eigenvalue weighted by atomic mass is 16.1. The predicted molar refractivity (Wildman–Crippen MR) is 62.3 cm³/mol. The number of hydrogen-bond acceptors (Lipinski definition) is 1. The molecule has 0 N–H and O–H groups in total. The van der Waals surface area contributed by atoms with Gasteiger partial charge in [-0.3, -0.25) is 4.79 Å². The quantitative estimate of drug-likeness (QED) is 0.583. The Balaban J connectivity index is 3.57. The lowest BCUT2D eigenvalue weighted by Crippen LogP contribution is -1.95. The summed E-state index contributed by atoms with van der Waals surface area (Å²) in [4.78, 5) is 11.3. The van der Waals surface area contributed by atoms with Crippen molar-refractivity contribution in [1.82, 2.24) is 0 Å².